The molecule has 1 aliphatic heterocycles. The zero-order valence-electron chi connectivity index (χ0n) is 31.2. The number of ether oxygens (including phenoxy) is 2. The summed E-state index contributed by atoms with van der Waals surface area (Å²) in [5, 5.41) is 41.9. The molecule has 20 heteroatoms. The van der Waals surface area contributed by atoms with Crippen LogP contribution in [0, 0.1) is 5.92 Å². The smallest absolute Gasteiger partial charge is 0.307 e. The van der Waals surface area contributed by atoms with Crippen molar-refractivity contribution in [2.75, 3.05) is 26.2 Å². The van der Waals surface area contributed by atoms with Crippen molar-refractivity contribution in [2.24, 2.45) is 5.92 Å². The first kappa shape index (κ1) is 47.4. The Labute approximate surface area is 312 Å². The summed E-state index contributed by atoms with van der Waals surface area (Å²) in [6.45, 7) is 5.21. The van der Waals surface area contributed by atoms with E-state index in [9.17, 15) is 63.3 Å². The maximum atomic E-state index is 13.1. The van der Waals surface area contributed by atoms with Gasteiger partial charge in [-0.05, 0) is 27.7 Å². The average Bonchev–Trinajstić information content (AvgIpc) is 3.07. The summed E-state index contributed by atoms with van der Waals surface area (Å²) < 4.78 is 10.7. The van der Waals surface area contributed by atoms with Crippen LogP contribution in [0.25, 0.3) is 0 Å². The molecule has 1 heterocycles. The molecule has 1 saturated heterocycles. The lowest BCUT2D eigenvalue weighted by Gasteiger charge is -2.42. The quantitative estimate of drug-likeness (QED) is 0.0474. The van der Waals surface area contributed by atoms with E-state index in [0.717, 1.165) is 6.92 Å². The van der Waals surface area contributed by atoms with Crippen molar-refractivity contribution < 1.29 is 72.7 Å². The second kappa shape index (κ2) is 23.2. The molecule has 1 aliphatic rings. The van der Waals surface area contributed by atoms with Gasteiger partial charge in [0.15, 0.2) is 23.6 Å². The Balaban J connectivity index is 2.68. The molecule has 5 unspecified atom stereocenters. The Hall–Kier alpha value is -4.66. The van der Waals surface area contributed by atoms with Crippen LogP contribution in [0.1, 0.15) is 86.0 Å². The Morgan fingerprint density at radius 1 is 0.667 bits per heavy atom. The largest absolute Gasteiger partial charge is 0.460 e. The van der Waals surface area contributed by atoms with Crippen LogP contribution in [0.4, 0.5) is 0 Å². The number of Topliss-reactive ketones (excluding diaryl/α,β-unsaturated/α-hetero) is 4. The third-order valence-electron chi connectivity index (χ3n) is 7.68. The minimum Gasteiger partial charge on any atom is -0.460 e. The number of carbonyl (C=O) groups is 10. The highest BCUT2D eigenvalue weighted by Crippen LogP contribution is 2.21. The zero-order valence-corrected chi connectivity index (χ0v) is 31.2. The molecule has 0 aromatic carbocycles. The van der Waals surface area contributed by atoms with Crippen molar-refractivity contribution in [3.8, 4) is 0 Å². The van der Waals surface area contributed by atoms with Crippen molar-refractivity contribution in [3.05, 3.63) is 0 Å². The number of amides is 5. The standard InChI is InChI=1S/C34H53N5O15/c1-18(41)6-7-21(43)14-35-25(46)10-8-22(44)15-36-26(47)11-9-23(45)16-37-32(52)20(13-28(49)54-34(3,4)5)12-27(48)39-33-29(38-19(2)42)31(51)30(50)24(17-40)53-33/h20,24,29-31,33,40,50-51H,6-17H2,1-5H3,(H,35,46)(H,36,47)(H,37,52)(H,38,42)(H,39,48)/t20-,24?,29?,30?,31?,33?/m1/s1. The van der Waals surface area contributed by atoms with Crippen LogP contribution in [0.15, 0.2) is 0 Å². The van der Waals surface area contributed by atoms with Gasteiger partial charge in [0.2, 0.25) is 29.5 Å². The second-order valence-corrected chi connectivity index (χ2v) is 13.8. The van der Waals surface area contributed by atoms with Crippen molar-refractivity contribution in [1.82, 2.24) is 26.6 Å². The van der Waals surface area contributed by atoms with Crippen LogP contribution in [0.2, 0.25) is 0 Å². The predicted octanol–water partition coefficient (Wildman–Crippen LogP) is -3.23. The summed E-state index contributed by atoms with van der Waals surface area (Å²) in [5.74, 6) is -7.44. The van der Waals surface area contributed by atoms with Gasteiger partial charge in [-0.2, -0.15) is 0 Å². The van der Waals surface area contributed by atoms with Crippen molar-refractivity contribution in [3.63, 3.8) is 0 Å². The average molecular weight is 772 g/mol. The number of aliphatic hydroxyl groups excluding tert-OH is 3. The van der Waals surface area contributed by atoms with Gasteiger partial charge >= 0.3 is 5.97 Å². The fraction of sp³-hybridized carbons (Fsp3) is 0.706. The SMILES string of the molecule is CC(=O)CCC(=O)CNC(=O)CCC(=O)CNC(=O)CCC(=O)CNC(=O)[C@H](CC(=O)NC1OC(CO)C(O)C(O)C1NC(C)=O)CC(=O)OC(C)(C)C. The number of esters is 1. The van der Waals surface area contributed by atoms with Crippen LogP contribution >= 0.6 is 0 Å². The number of nitrogens with one attached hydrogen (secondary N) is 5. The molecule has 54 heavy (non-hydrogen) atoms. The molecule has 0 aromatic rings. The number of hydrogen-bond donors (Lipinski definition) is 8. The summed E-state index contributed by atoms with van der Waals surface area (Å²) in [5.41, 5.74) is -0.937. The Bertz CT molecular complexity index is 1400. The van der Waals surface area contributed by atoms with Crippen molar-refractivity contribution >= 4 is 58.6 Å². The van der Waals surface area contributed by atoms with Gasteiger partial charge in [0.05, 0.1) is 38.6 Å². The van der Waals surface area contributed by atoms with Gasteiger partial charge in [-0.15, -0.1) is 0 Å². The van der Waals surface area contributed by atoms with E-state index >= 15 is 0 Å². The van der Waals surface area contributed by atoms with Crippen LogP contribution in [0.3, 0.4) is 0 Å². The van der Waals surface area contributed by atoms with E-state index in [1.165, 1.54) is 6.92 Å². The number of rotatable bonds is 23. The fourth-order valence-corrected chi connectivity index (χ4v) is 4.91. The van der Waals surface area contributed by atoms with E-state index in [1.807, 2.05) is 0 Å². The minimum atomic E-state index is -1.66. The van der Waals surface area contributed by atoms with Gasteiger partial charge < -0.3 is 56.2 Å². The molecule has 0 bridgehead atoms. The van der Waals surface area contributed by atoms with Crippen molar-refractivity contribution in [1.29, 1.82) is 0 Å². The van der Waals surface area contributed by atoms with Gasteiger partial charge in [0, 0.05) is 51.9 Å². The molecule has 5 amide bonds. The van der Waals surface area contributed by atoms with E-state index in [0.29, 0.717) is 0 Å². The third kappa shape index (κ3) is 19.4. The normalized spacial score (nSPS) is 20.0. The highest BCUT2D eigenvalue weighted by Gasteiger charge is 2.45. The highest BCUT2D eigenvalue weighted by molar-refractivity contribution is 5.94. The molecule has 20 nitrogen and oxygen atoms in total. The maximum Gasteiger partial charge on any atom is 0.307 e. The summed E-state index contributed by atoms with van der Waals surface area (Å²) in [4.78, 5) is 122. The molecular formula is C34H53N5O15. The zero-order chi connectivity index (χ0) is 41.2. The summed E-state index contributed by atoms with van der Waals surface area (Å²) in [6.07, 6.45) is -8.40. The van der Waals surface area contributed by atoms with Gasteiger partial charge in [0.25, 0.3) is 0 Å². The van der Waals surface area contributed by atoms with Crippen LogP contribution in [-0.4, -0.2) is 136 Å². The first-order chi connectivity index (χ1) is 25.1. The van der Waals surface area contributed by atoms with Crippen molar-refractivity contribution in [2.45, 2.75) is 122 Å². The number of ketones is 4. The van der Waals surface area contributed by atoms with Gasteiger partial charge in [-0.25, -0.2) is 0 Å². The lowest BCUT2D eigenvalue weighted by molar-refractivity contribution is -0.203. The molecule has 8 N–H and O–H groups in total. The van der Waals surface area contributed by atoms with E-state index in [1.54, 1.807) is 20.8 Å². The molecular weight excluding hydrogens is 718 g/mol. The second-order valence-electron chi connectivity index (χ2n) is 13.8. The molecule has 0 spiro atoms. The third-order valence-corrected chi connectivity index (χ3v) is 7.68. The Morgan fingerprint density at radius 3 is 1.63 bits per heavy atom. The molecule has 1 fully saturated rings. The van der Waals surface area contributed by atoms with Crippen LogP contribution in [0.5, 0.6) is 0 Å². The molecule has 6 atom stereocenters. The number of carbonyl (C=O) groups excluding carboxylic acids is 10. The fourth-order valence-electron chi connectivity index (χ4n) is 4.91. The molecule has 0 aliphatic carbocycles. The van der Waals surface area contributed by atoms with E-state index < -0.39 is 122 Å². The Morgan fingerprint density at radius 2 is 1.17 bits per heavy atom. The molecule has 0 aromatic heterocycles. The summed E-state index contributed by atoms with van der Waals surface area (Å²) >= 11 is 0. The first-order valence-corrected chi connectivity index (χ1v) is 17.4. The maximum absolute atomic E-state index is 13.1. The molecule has 0 radical (unpaired) electrons. The van der Waals surface area contributed by atoms with Gasteiger partial charge in [0.1, 0.15) is 35.7 Å². The lowest BCUT2D eigenvalue weighted by atomic mass is 9.95. The van der Waals surface area contributed by atoms with Gasteiger partial charge in [-0.1, -0.05) is 0 Å². The van der Waals surface area contributed by atoms with E-state index in [-0.39, 0.29) is 56.6 Å². The summed E-state index contributed by atoms with van der Waals surface area (Å²) in [6, 6.07) is -1.35. The molecule has 1 rings (SSSR count). The monoisotopic (exact) mass is 771 g/mol. The van der Waals surface area contributed by atoms with E-state index in [2.05, 4.69) is 26.6 Å². The topological polar surface area (TPSA) is 310 Å². The van der Waals surface area contributed by atoms with Crippen LogP contribution in [-0.2, 0) is 57.4 Å². The predicted molar refractivity (Wildman–Crippen MR) is 185 cm³/mol. The number of aliphatic hydroxyl groups is 3. The Kier molecular flexibility index (Phi) is 20.3. The highest BCUT2D eigenvalue weighted by atomic mass is 16.6. The molecule has 0 saturated carbocycles. The number of hydrogen-bond acceptors (Lipinski definition) is 15. The summed E-state index contributed by atoms with van der Waals surface area (Å²) in [7, 11) is 0. The van der Waals surface area contributed by atoms with Gasteiger partial charge in [-0.3, -0.25) is 43.2 Å². The molecule has 304 valence electrons. The first-order valence-electron chi connectivity index (χ1n) is 17.4. The minimum absolute atomic E-state index is 0.00312. The van der Waals surface area contributed by atoms with Crippen LogP contribution < -0.4 is 26.6 Å². The van der Waals surface area contributed by atoms with E-state index in [4.69, 9.17) is 9.47 Å². The lowest BCUT2D eigenvalue weighted by Crippen LogP contribution is -2.68.